The summed E-state index contributed by atoms with van der Waals surface area (Å²) in [7, 11) is 0. The smallest absolute Gasteiger partial charge is 0.417 e. The molecule has 0 spiro atoms. The van der Waals surface area contributed by atoms with Crippen LogP contribution in [0.4, 0.5) is 13.2 Å². The Morgan fingerprint density at radius 1 is 1.00 bits per heavy atom. The highest BCUT2D eigenvalue weighted by Crippen LogP contribution is 2.32. The predicted octanol–water partition coefficient (Wildman–Crippen LogP) is 4.54. The van der Waals surface area contributed by atoms with Gasteiger partial charge < -0.3 is 4.74 Å². The van der Waals surface area contributed by atoms with E-state index in [-0.39, 0.29) is 5.75 Å². The van der Waals surface area contributed by atoms with Gasteiger partial charge in [-0.05, 0) is 49.2 Å². The maximum atomic E-state index is 12.9. The Morgan fingerprint density at radius 3 is 2.14 bits per heavy atom. The van der Waals surface area contributed by atoms with Crippen molar-refractivity contribution in [1.29, 1.82) is 0 Å². The van der Waals surface area contributed by atoms with Crippen LogP contribution in [0.5, 0.6) is 5.75 Å². The Labute approximate surface area is 120 Å². The first-order valence-electron chi connectivity index (χ1n) is 6.24. The van der Waals surface area contributed by atoms with Gasteiger partial charge in [0.05, 0.1) is 11.1 Å². The lowest BCUT2D eigenvalue weighted by atomic mass is 10.1. The molecule has 2 nitrogen and oxygen atoms in total. The van der Waals surface area contributed by atoms with E-state index < -0.39 is 23.3 Å². The monoisotopic (exact) mass is 294 g/mol. The van der Waals surface area contributed by atoms with Gasteiger partial charge in [-0.25, -0.2) is 4.79 Å². The third kappa shape index (κ3) is 3.62. The van der Waals surface area contributed by atoms with Crippen molar-refractivity contribution in [1.82, 2.24) is 0 Å². The molecule has 110 valence electrons. The van der Waals surface area contributed by atoms with Crippen molar-refractivity contribution in [3.8, 4) is 5.75 Å². The Balaban J connectivity index is 2.33. The van der Waals surface area contributed by atoms with Crippen LogP contribution >= 0.6 is 0 Å². The van der Waals surface area contributed by atoms with Crippen LogP contribution in [-0.2, 0) is 6.18 Å². The Hall–Kier alpha value is -2.30. The Kier molecular flexibility index (Phi) is 4.02. The summed E-state index contributed by atoms with van der Waals surface area (Å²) in [6.45, 7) is 3.63. The van der Waals surface area contributed by atoms with Gasteiger partial charge in [0.25, 0.3) is 0 Å². The number of carbonyl (C=O) groups excluding carboxylic acids is 1. The molecule has 0 saturated heterocycles. The molecular weight excluding hydrogens is 281 g/mol. The summed E-state index contributed by atoms with van der Waals surface area (Å²) in [6.07, 6.45) is -4.60. The van der Waals surface area contributed by atoms with Crippen molar-refractivity contribution in [3.05, 3.63) is 64.7 Å². The summed E-state index contributed by atoms with van der Waals surface area (Å²) >= 11 is 0. The number of alkyl halides is 3. The van der Waals surface area contributed by atoms with Crippen LogP contribution < -0.4 is 4.74 Å². The van der Waals surface area contributed by atoms with Gasteiger partial charge in [-0.2, -0.15) is 13.2 Å². The highest BCUT2D eigenvalue weighted by molar-refractivity contribution is 5.92. The average Bonchev–Trinajstić information content (AvgIpc) is 2.36. The highest BCUT2D eigenvalue weighted by Gasteiger charge is 2.35. The van der Waals surface area contributed by atoms with Gasteiger partial charge in [-0.3, -0.25) is 0 Å². The number of halogens is 3. The van der Waals surface area contributed by atoms with E-state index in [0.29, 0.717) is 0 Å². The van der Waals surface area contributed by atoms with E-state index in [4.69, 9.17) is 4.74 Å². The lowest BCUT2D eigenvalue weighted by Crippen LogP contribution is -2.16. The Morgan fingerprint density at radius 2 is 1.57 bits per heavy atom. The van der Waals surface area contributed by atoms with Crippen molar-refractivity contribution < 1.29 is 22.7 Å². The standard InChI is InChI=1S/C16H13F3O2/c1-10-7-11(2)9-12(8-10)21-15(20)13-5-3-4-6-14(13)16(17,18)19/h3-9H,1-2H3. The van der Waals surface area contributed by atoms with E-state index >= 15 is 0 Å². The first-order valence-corrected chi connectivity index (χ1v) is 6.24. The molecule has 0 N–H and O–H groups in total. The van der Waals surface area contributed by atoms with Crippen molar-refractivity contribution in [3.63, 3.8) is 0 Å². The zero-order chi connectivity index (χ0) is 15.6. The van der Waals surface area contributed by atoms with E-state index in [1.807, 2.05) is 19.9 Å². The third-order valence-corrected chi connectivity index (χ3v) is 2.86. The molecule has 0 heterocycles. The molecule has 0 saturated carbocycles. The average molecular weight is 294 g/mol. The molecule has 0 fully saturated rings. The van der Waals surface area contributed by atoms with Crippen molar-refractivity contribution in [2.75, 3.05) is 0 Å². The number of hydrogen-bond acceptors (Lipinski definition) is 2. The molecule has 0 aliphatic carbocycles. The molecule has 0 aliphatic rings. The molecule has 2 aromatic carbocycles. The van der Waals surface area contributed by atoms with Crippen LogP contribution in [0.2, 0.25) is 0 Å². The van der Waals surface area contributed by atoms with Crippen LogP contribution in [0.25, 0.3) is 0 Å². The van der Waals surface area contributed by atoms with Gasteiger partial charge in [0.1, 0.15) is 5.75 Å². The Bertz CT molecular complexity index is 655. The molecule has 0 atom stereocenters. The second-order valence-electron chi connectivity index (χ2n) is 4.76. The van der Waals surface area contributed by atoms with Crippen molar-refractivity contribution >= 4 is 5.97 Å². The first-order chi connectivity index (χ1) is 9.77. The summed E-state index contributed by atoms with van der Waals surface area (Å²) in [5.41, 5.74) is 0.229. The van der Waals surface area contributed by atoms with E-state index in [1.165, 1.54) is 12.1 Å². The van der Waals surface area contributed by atoms with E-state index in [2.05, 4.69) is 0 Å². The van der Waals surface area contributed by atoms with Crippen LogP contribution in [-0.4, -0.2) is 5.97 Å². The number of esters is 1. The van der Waals surface area contributed by atoms with Gasteiger partial charge in [0.2, 0.25) is 0 Å². The van der Waals surface area contributed by atoms with Gasteiger partial charge in [0.15, 0.2) is 0 Å². The SMILES string of the molecule is Cc1cc(C)cc(OC(=O)c2ccccc2C(F)(F)F)c1. The fourth-order valence-corrected chi connectivity index (χ4v) is 2.06. The topological polar surface area (TPSA) is 26.3 Å². The molecule has 5 heteroatoms. The minimum atomic E-state index is -4.60. The van der Waals surface area contributed by atoms with E-state index in [9.17, 15) is 18.0 Å². The van der Waals surface area contributed by atoms with Crippen LogP contribution in [0.1, 0.15) is 27.0 Å². The summed E-state index contributed by atoms with van der Waals surface area (Å²) in [4.78, 5) is 12.0. The molecule has 2 rings (SSSR count). The summed E-state index contributed by atoms with van der Waals surface area (Å²) < 4.78 is 43.7. The fourth-order valence-electron chi connectivity index (χ4n) is 2.06. The predicted molar refractivity (Wildman–Crippen MR) is 72.3 cm³/mol. The second-order valence-corrected chi connectivity index (χ2v) is 4.76. The lowest BCUT2D eigenvalue weighted by molar-refractivity contribution is -0.138. The van der Waals surface area contributed by atoms with Gasteiger partial charge in [-0.15, -0.1) is 0 Å². The first kappa shape index (κ1) is 15.1. The summed E-state index contributed by atoms with van der Waals surface area (Å²) in [6, 6.07) is 9.64. The highest BCUT2D eigenvalue weighted by atomic mass is 19.4. The van der Waals surface area contributed by atoms with Gasteiger partial charge in [0, 0.05) is 0 Å². The molecule has 21 heavy (non-hydrogen) atoms. The second kappa shape index (κ2) is 5.60. The largest absolute Gasteiger partial charge is 0.423 e. The van der Waals surface area contributed by atoms with Crippen molar-refractivity contribution in [2.24, 2.45) is 0 Å². The van der Waals surface area contributed by atoms with E-state index in [1.54, 1.807) is 12.1 Å². The molecule has 0 aliphatic heterocycles. The molecule has 0 bridgehead atoms. The van der Waals surface area contributed by atoms with Crippen LogP contribution in [0.3, 0.4) is 0 Å². The zero-order valence-corrected chi connectivity index (χ0v) is 11.5. The van der Waals surface area contributed by atoms with Crippen LogP contribution in [0, 0.1) is 13.8 Å². The molecule has 0 unspecified atom stereocenters. The zero-order valence-electron chi connectivity index (χ0n) is 11.5. The third-order valence-electron chi connectivity index (χ3n) is 2.86. The number of hydrogen-bond donors (Lipinski definition) is 0. The summed E-state index contributed by atoms with van der Waals surface area (Å²) in [5.74, 6) is -0.789. The molecule has 0 radical (unpaired) electrons. The van der Waals surface area contributed by atoms with Gasteiger partial charge in [-0.1, -0.05) is 18.2 Å². The van der Waals surface area contributed by atoms with E-state index in [0.717, 1.165) is 23.3 Å². The number of rotatable bonds is 2. The fraction of sp³-hybridized carbons (Fsp3) is 0.188. The van der Waals surface area contributed by atoms with Crippen molar-refractivity contribution in [2.45, 2.75) is 20.0 Å². The quantitative estimate of drug-likeness (QED) is 0.600. The maximum Gasteiger partial charge on any atom is 0.417 e. The molecule has 0 amide bonds. The number of ether oxygens (including phenoxy) is 1. The molecular formula is C16H13F3O2. The lowest BCUT2D eigenvalue weighted by Gasteiger charge is -2.12. The minimum absolute atomic E-state index is 0.231. The maximum absolute atomic E-state index is 12.9. The number of aryl methyl sites for hydroxylation is 2. The van der Waals surface area contributed by atoms with Crippen LogP contribution in [0.15, 0.2) is 42.5 Å². The number of carbonyl (C=O) groups is 1. The summed E-state index contributed by atoms with van der Waals surface area (Å²) in [5, 5.41) is 0. The normalized spacial score (nSPS) is 11.3. The molecule has 2 aromatic rings. The number of benzene rings is 2. The minimum Gasteiger partial charge on any atom is -0.423 e. The molecule has 0 aromatic heterocycles. The van der Waals surface area contributed by atoms with Gasteiger partial charge >= 0.3 is 12.1 Å².